The van der Waals surface area contributed by atoms with Crippen LogP contribution in [0.1, 0.15) is 36.7 Å². The molecule has 4 heterocycles. The van der Waals surface area contributed by atoms with Crippen LogP contribution in [-0.4, -0.2) is 96.0 Å². The topological polar surface area (TPSA) is 151 Å². The number of rotatable bonds is 5. The van der Waals surface area contributed by atoms with Gasteiger partial charge in [0.05, 0.1) is 18.8 Å². The standard InChI is InChI=1S/C31H36N8O6/c1-31(2,3)45-30(42)39-12-10-37(11-13-39)27-34-25(35-28(36-27)38-14-16-43-17-15-38)20-4-6-22(7-5-20)32-29(41)33-23-8-9-24-21(18-23)19-44-26(24)40/h4-9,18H,10-17,19H2,1-3H3,(H2,32,33,41). The highest BCUT2D eigenvalue weighted by Crippen LogP contribution is 2.26. The molecule has 3 aliphatic heterocycles. The summed E-state index contributed by atoms with van der Waals surface area (Å²) in [6.45, 7) is 10.4. The van der Waals surface area contributed by atoms with Crippen LogP contribution in [0.15, 0.2) is 42.5 Å². The van der Waals surface area contributed by atoms with Crippen LogP contribution in [-0.2, 0) is 20.8 Å². The van der Waals surface area contributed by atoms with Crippen LogP contribution in [0, 0.1) is 0 Å². The molecule has 0 atom stereocenters. The van der Waals surface area contributed by atoms with Gasteiger partial charge in [-0.05, 0) is 63.2 Å². The number of nitrogens with one attached hydrogen (secondary N) is 2. The van der Waals surface area contributed by atoms with Crippen molar-refractivity contribution in [2.45, 2.75) is 33.0 Å². The van der Waals surface area contributed by atoms with Gasteiger partial charge in [-0.1, -0.05) is 0 Å². The Bertz CT molecular complexity index is 1580. The Morgan fingerprint density at radius 1 is 0.822 bits per heavy atom. The Morgan fingerprint density at radius 2 is 1.44 bits per heavy atom. The number of carbonyl (C=O) groups is 3. The Morgan fingerprint density at radius 3 is 2.11 bits per heavy atom. The fourth-order valence-electron chi connectivity index (χ4n) is 5.15. The van der Waals surface area contributed by atoms with Crippen molar-refractivity contribution in [1.29, 1.82) is 0 Å². The van der Waals surface area contributed by atoms with Gasteiger partial charge in [-0.15, -0.1) is 0 Å². The van der Waals surface area contributed by atoms with Gasteiger partial charge in [-0.2, -0.15) is 15.0 Å². The maximum absolute atomic E-state index is 12.7. The minimum atomic E-state index is -0.556. The minimum absolute atomic E-state index is 0.196. The largest absolute Gasteiger partial charge is 0.457 e. The maximum Gasteiger partial charge on any atom is 0.410 e. The Hall–Kier alpha value is -4.98. The zero-order valence-corrected chi connectivity index (χ0v) is 25.5. The first-order chi connectivity index (χ1) is 21.6. The zero-order chi connectivity index (χ0) is 31.6. The number of piperazine rings is 1. The summed E-state index contributed by atoms with van der Waals surface area (Å²) < 4.78 is 16.1. The zero-order valence-electron chi connectivity index (χ0n) is 25.5. The predicted octanol–water partition coefficient (Wildman–Crippen LogP) is 3.75. The first-order valence-corrected chi connectivity index (χ1v) is 14.9. The summed E-state index contributed by atoms with van der Waals surface area (Å²) in [7, 11) is 0. The monoisotopic (exact) mass is 616 g/mol. The highest BCUT2D eigenvalue weighted by atomic mass is 16.6. The van der Waals surface area contributed by atoms with E-state index in [1.807, 2.05) is 32.9 Å². The van der Waals surface area contributed by atoms with Crippen LogP contribution in [0.25, 0.3) is 11.4 Å². The van der Waals surface area contributed by atoms with Crippen molar-refractivity contribution in [3.8, 4) is 11.4 Å². The lowest BCUT2D eigenvalue weighted by Crippen LogP contribution is -2.50. The van der Waals surface area contributed by atoms with Gasteiger partial charge in [0, 0.05) is 61.8 Å². The molecule has 45 heavy (non-hydrogen) atoms. The number of cyclic esters (lactones) is 1. The fourth-order valence-corrected chi connectivity index (χ4v) is 5.15. The summed E-state index contributed by atoms with van der Waals surface area (Å²) in [4.78, 5) is 57.2. The molecule has 0 unspecified atom stereocenters. The molecule has 0 bridgehead atoms. The highest BCUT2D eigenvalue weighted by molar-refractivity contribution is 6.01. The van der Waals surface area contributed by atoms with Crippen molar-refractivity contribution >= 4 is 41.4 Å². The minimum Gasteiger partial charge on any atom is -0.457 e. The summed E-state index contributed by atoms with van der Waals surface area (Å²) in [6.07, 6.45) is -0.326. The van der Waals surface area contributed by atoms with E-state index in [9.17, 15) is 14.4 Å². The first-order valence-electron chi connectivity index (χ1n) is 14.9. The predicted molar refractivity (Wildman–Crippen MR) is 167 cm³/mol. The van der Waals surface area contributed by atoms with E-state index in [4.69, 9.17) is 29.2 Å². The van der Waals surface area contributed by atoms with E-state index in [2.05, 4.69) is 20.4 Å². The number of benzene rings is 2. The third-order valence-corrected chi connectivity index (χ3v) is 7.46. The van der Waals surface area contributed by atoms with Crippen LogP contribution >= 0.6 is 0 Å². The molecule has 0 radical (unpaired) electrons. The second kappa shape index (κ2) is 12.6. The maximum atomic E-state index is 12.7. The second-order valence-electron chi connectivity index (χ2n) is 11.9. The number of nitrogens with zero attached hydrogens (tertiary/aromatic N) is 6. The summed E-state index contributed by atoms with van der Waals surface area (Å²) in [5.74, 6) is 1.25. The molecule has 3 aromatic rings. The average molecular weight is 617 g/mol. The Kier molecular flexibility index (Phi) is 8.39. The number of carbonyl (C=O) groups excluding carboxylic acids is 3. The van der Waals surface area contributed by atoms with E-state index in [0.29, 0.717) is 87.1 Å². The first kappa shape index (κ1) is 30.1. The summed E-state index contributed by atoms with van der Waals surface area (Å²) in [5.41, 5.74) is 2.59. The van der Waals surface area contributed by atoms with Crippen LogP contribution < -0.4 is 20.4 Å². The van der Waals surface area contributed by atoms with Gasteiger partial charge in [0.25, 0.3) is 0 Å². The normalized spacial score (nSPS) is 16.6. The molecular weight excluding hydrogens is 580 g/mol. The van der Waals surface area contributed by atoms with E-state index in [-0.39, 0.29) is 18.7 Å². The average Bonchev–Trinajstić information content (AvgIpc) is 3.40. The molecule has 0 spiro atoms. The molecule has 1 aromatic heterocycles. The summed E-state index contributed by atoms with van der Waals surface area (Å²) in [5, 5.41) is 5.61. The van der Waals surface area contributed by atoms with E-state index >= 15 is 0 Å². The molecule has 2 N–H and O–H groups in total. The van der Waals surface area contributed by atoms with Gasteiger partial charge in [0.15, 0.2) is 5.82 Å². The van der Waals surface area contributed by atoms with E-state index < -0.39 is 11.6 Å². The molecule has 2 fully saturated rings. The number of morpholine rings is 1. The molecule has 0 aliphatic carbocycles. The lowest BCUT2D eigenvalue weighted by Gasteiger charge is -2.36. The third-order valence-electron chi connectivity index (χ3n) is 7.46. The van der Waals surface area contributed by atoms with Gasteiger partial charge < -0.3 is 39.5 Å². The van der Waals surface area contributed by atoms with Gasteiger partial charge in [-0.25, -0.2) is 14.4 Å². The number of fused-ring (bicyclic) bond motifs is 1. The molecule has 3 amide bonds. The molecule has 2 aromatic carbocycles. The Labute approximate surface area is 260 Å². The molecule has 0 saturated carbocycles. The van der Waals surface area contributed by atoms with Crippen LogP contribution in [0.5, 0.6) is 0 Å². The van der Waals surface area contributed by atoms with Gasteiger partial charge in [-0.3, -0.25) is 0 Å². The molecule has 2 saturated heterocycles. The number of hydrogen-bond acceptors (Lipinski definition) is 11. The molecule has 14 nitrogen and oxygen atoms in total. The number of ether oxygens (including phenoxy) is 3. The smallest absolute Gasteiger partial charge is 0.410 e. The molecular formula is C31H36N8O6. The van der Waals surface area contributed by atoms with E-state index in [0.717, 1.165) is 11.1 Å². The van der Waals surface area contributed by atoms with Crippen LogP contribution in [0.2, 0.25) is 0 Å². The molecule has 3 aliphatic rings. The number of esters is 1. The number of urea groups is 1. The number of aromatic nitrogens is 3. The number of hydrogen-bond donors (Lipinski definition) is 2. The molecule has 236 valence electrons. The Balaban J connectivity index is 1.15. The third kappa shape index (κ3) is 7.23. The summed E-state index contributed by atoms with van der Waals surface area (Å²) >= 11 is 0. The van der Waals surface area contributed by atoms with Crippen molar-refractivity contribution in [3.05, 3.63) is 53.6 Å². The van der Waals surface area contributed by atoms with Gasteiger partial charge >= 0.3 is 18.1 Å². The van der Waals surface area contributed by atoms with Gasteiger partial charge in [0.1, 0.15) is 12.2 Å². The lowest BCUT2D eigenvalue weighted by atomic mass is 10.1. The van der Waals surface area contributed by atoms with E-state index in [1.54, 1.807) is 35.2 Å². The molecule has 6 rings (SSSR count). The highest BCUT2D eigenvalue weighted by Gasteiger charge is 2.28. The van der Waals surface area contributed by atoms with Crippen molar-refractivity contribution in [2.75, 3.05) is 72.9 Å². The fraction of sp³-hybridized carbons (Fsp3) is 0.419. The van der Waals surface area contributed by atoms with Crippen LogP contribution in [0.4, 0.5) is 32.9 Å². The van der Waals surface area contributed by atoms with Crippen molar-refractivity contribution in [3.63, 3.8) is 0 Å². The summed E-state index contributed by atoms with van der Waals surface area (Å²) in [6, 6.07) is 11.9. The SMILES string of the molecule is CC(C)(C)OC(=O)N1CCN(c2nc(-c3ccc(NC(=O)Nc4ccc5c(c4)COC5=O)cc3)nc(N3CCOCC3)n2)CC1. The van der Waals surface area contributed by atoms with E-state index in [1.165, 1.54) is 0 Å². The quantitative estimate of drug-likeness (QED) is 0.403. The second-order valence-corrected chi connectivity index (χ2v) is 11.9. The lowest BCUT2D eigenvalue weighted by molar-refractivity contribution is 0.0239. The number of anilines is 4. The van der Waals surface area contributed by atoms with Crippen LogP contribution in [0.3, 0.4) is 0 Å². The van der Waals surface area contributed by atoms with Crippen molar-refractivity contribution in [1.82, 2.24) is 19.9 Å². The molecule has 14 heteroatoms. The van der Waals surface area contributed by atoms with Gasteiger partial charge in [0.2, 0.25) is 11.9 Å². The van der Waals surface area contributed by atoms with Crippen molar-refractivity contribution < 1.29 is 28.6 Å². The van der Waals surface area contributed by atoms with Crippen molar-refractivity contribution in [2.24, 2.45) is 0 Å². The number of amides is 3.